The second-order valence-corrected chi connectivity index (χ2v) is 11.0. The number of nitro benzene ring substituents is 1. The molecule has 9 nitrogen and oxygen atoms in total. The van der Waals surface area contributed by atoms with Gasteiger partial charge in [0.2, 0.25) is 10.0 Å². The maximum Gasteiger partial charge on any atom is 0.309 e. The first-order chi connectivity index (χ1) is 17.3. The van der Waals surface area contributed by atoms with Gasteiger partial charge in [-0.2, -0.15) is 0 Å². The van der Waals surface area contributed by atoms with E-state index in [1.54, 1.807) is 11.8 Å². The van der Waals surface area contributed by atoms with Gasteiger partial charge < -0.3 is 9.47 Å². The molecule has 0 radical (unpaired) electrons. The lowest BCUT2D eigenvalue weighted by Gasteiger charge is -2.20. The molecule has 0 spiro atoms. The number of non-ortho nitro benzene ring substituents is 1. The molecule has 1 heterocycles. The van der Waals surface area contributed by atoms with Crippen LogP contribution >= 0.6 is 11.8 Å². The molecular formula is C25H24N2O7S2. The lowest BCUT2D eigenvalue weighted by Crippen LogP contribution is -2.26. The first-order valence-corrected chi connectivity index (χ1v) is 13.6. The summed E-state index contributed by atoms with van der Waals surface area (Å²) in [5, 5.41) is 10.8. The van der Waals surface area contributed by atoms with Gasteiger partial charge in [0, 0.05) is 30.0 Å². The van der Waals surface area contributed by atoms with Gasteiger partial charge in [0.25, 0.3) is 5.69 Å². The molecule has 188 valence electrons. The molecule has 1 aliphatic heterocycles. The predicted octanol–water partition coefficient (Wildman–Crippen LogP) is 4.00. The highest BCUT2D eigenvalue weighted by Gasteiger charge is 2.26. The zero-order chi connectivity index (χ0) is 25.7. The van der Waals surface area contributed by atoms with Crippen LogP contribution in [0.25, 0.3) is 0 Å². The minimum Gasteiger partial charge on any atom is -0.489 e. The number of nitrogens with zero attached hydrogens (tertiary/aromatic N) is 1. The molecule has 0 saturated carbocycles. The summed E-state index contributed by atoms with van der Waals surface area (Å²) >= 11 is 1.54. The Morgan fingerprint density at radius 3 is 2.72 bits per heavy atom. The van der Waals surface area contributed by atoms with E-state index in [2.05, 4.69) is 4.72 Å². The number of hydrogen-bond donors (Lipinski definition) is 1. The number of carbonyl (C=O) groups is 1. The van der Waals surface area contributed by atoms with Gasteiger partial charge in [0.15, 0.2) is 0 Å². The number of ether oxygens (including phenoxy) is 2. The van der Waals surface area contributed by atoms with Crippen LogP contribution in [0, 0.1) is 10.1 Å². The van der Waals surface area contributed by atoms with Crippen molar-refractivity contribution in [1.29, 1.82) is 0 Å². The average molecular weight is 529 g/mol. The number of carbonyl (C=O) groups excluding carboxylic acids is 1. The van der Waals surface area contributed by atoms with Crippen LogP contribution in [0.5, 0.6) is 5.75 Å². The third-order valence-electron chi connectivity index (χ3n) is 5.67. The normalized spacial score (nSPS) is 14.6. The van der Waals surface area contributed by atoms with Gasteiger partial charge in [0.1, 0.15) is 12.4 Å². The number of rotatable bonds is 9. The van der Waals surface area contributed by atoms with Crippen molar-refractivity contribution in [2.75, 3.05) is 19.4 Å². The molecule has 1 aliphatic rings. The van der Waals surface area contributed by atoms with Crippen molar-refractivity contribution in [3.05, 3.63) is 99.1 Å². The molecule has 0 aromatic heterocycles. The van der Waals surface area contributed by atoms with Gasteiger partial charge >= 0.3 is 5.97 Å². The molecule has 36 heavy (non-hydrogen) atoms. The Morgan fingerprint density at radius 1 is 1.14 bits per heavy atom. The SMILES string of the molecule is COC(=O)Cc1ccc2c(c1)C(SCCNS(=O)(=O)c1cccc([N+](=O)[O-])c1)c1ccccc1CO2. The standard InChI is InChI=1S/C25H24N2O7S2/c1-33-24(28)14-17-9-10-23-22(13-17)25(21-8-3-2-5-18(21)16-34-23)35-12-11-26-36(31,32)20-7-4-6-19(15-20)27(29)30/h2-10,13,15,25-26H,11-12,14,16H2,1H3. The lowest BCUT2D eigenvalue weighted by atomic mass is 9.98. The number of nitrogens with one attached hydrogen (secondary N) is 1. The Labute approximate surface area is 213 Å². The van der Waals surface area contributed by atoms with E-state index in [0.717, 1.165) is 28.3 Å². The summed E-state index contributed by atoms with van der Waals surface area (Å²) in [5.74, 6) is 0.785. The van der Waals surface area contributed by atoms with Crippen LogP contribution in [-0.2, 0) is 32.6 Å². The molecule has 1 unspecified atom stereocenters. The number of esters is 1. The molecule has 4 rings (SSSR count). The van der Waals surface area contributed by atoms with Gasteiger partial charge in [0.05, 0.1) is 28.6 Å². The summed E-state index contributed by atoms with van der Waals surface area (Å²) in [6.45, 7) is 0.516. The number of nitro groups is 1. The van der Waals surface area contributed by atoms with Crippen LogP contribution < -0.4 is 9.46 Å². The van der Waals surface area contributed by atoms with Crippen molar-refractivity contribution in [1.82, 2.24) is 4.72 Å². The Bertz CT molecular complexity index is 1390. The number of methoxy groups -OCH3 is 1. The summed E-state index contributed by atoms with van der Waals surface area (Å²) in [7, 11) is -2.57. The fraction of sp³-hybridized carbons (Fsp3) is 0.240. The molecule has 0 saturated heterocycles. The Hall–Kier alpha value is -3.41. The Morgan fingerprint density at radius 2 is 1.94 bits per heavy atom. The fourth-order valence-corrected chi connectivity index (χ4v) is 6.34. The van der Waals surface area contributed by atoms with Crippen molar-refractivity contribution in [3.8, 4) is 5.75 Å². The Balaban J connectivity index is 1.53. The van der Waals surface area contributed by atoms with Crippen molar-refractivity contribution < 1.29 is 27.6 Å². The van der Waals surface area contributed by atoms with Crippen LogP contribution in [0.15, 0.2) is 71.6 Å². The van der Waals surface area contributed by atoms with E-state index in [4.69, 9.17) is 9.47 Å². The minimum absolute atomic E-state index is 0.117. The van der Waals surface area contributed by atoms with Crippen molar-refractivity contribution in [2.45, 2.75) is 23.2 Å². The summed E-state index contributed by atoms with van der Waals surface area (Å²) in [6.07, 6.45) is 0.131. The van der Waals surface area contributed by atoms with E-state index in [9.17, 15) is 23.3 Å². The van der Waals surface area contributed by atoms with Crippen molar-refractivity contribution in [2.24, 2.45) is 0 Å². The molecule has 0 aliphatic carbocycles. The second-order valence-electron chi connectivity index (χ2n) is 8.02. The number of fused-ring (bicyclic) bond motifs is 2. The van der Waals surface area contributed by atoms with E-state index in [1.165, 1.54) is 25.3 Å². The molecular weight excluding hydrogens is 504 g/mol. The maximum atomic E-state index is 12.7. The van der Waals surface area contributed by atoms with Crippen molar-refractivity contribution >= 4 is 33.4 Å². The summed E-state index contributed by atoms with van der Waals surface area (Å²) < 4.78 is 38.7. The van der Waals surface area contributed by atoms with Crippen molar-refractivity contribution in [3.63, 3.8) is 0 Å². The zero-order valence-electron chi connectivity index (χ0n) is 19.4. The summed E-state index contributed by atoms with van der Waals surface area (Å²) in [5.41, 5.74) is 3.48. The van der Waals surface area contributed by atoms with E-state index in [0.29, 0.717) is 18.1 Å². The number of benzene rings is 3. The molecule has 0 fully saturated rings. The van der Waals surface area contributed by atoms with Gasteiger partial charge in [-0.15, -0.1) is 11.8 Å². The fourth-order valence-electron chi connectivity index (χ4n) is 3.91. The third-order valence-corrected chi connectivity index (χ3v) is 8.41. The van der Waals surface area contributed by atoms with E-state index in [1.807, 2.05) is 42.5 Å². The molecule has 11 heteroatoms. The van der Waals surface area contributed by atoms with Crippen LogP contribution in [0.2, 0.25) is 0 Å². The summed E-state index contributed by atoms with van der Waals surface area (Å²) in [4.78, 5) is 22.0. The predicted molar refractivity (Wildman–Crippen MR) is 136 cm³/mol. The van der Waals surface area contributed by atoms with E-state index < -0.39 is 14.9 Å². The van der Waals surface area contributed by atoms with Crippen LogP contribution in [0.1, 0.15) is 27.5 Å². The number of sulfonamides is 1. The molecule has 1 N–H and O–H groups in total. The number of hydrogen-bond acceptors (Lipinski definition) is 8. The quantitative estimate of drug-likeness (QED) is 0.191. The van der Waals surface area contributed by atoms with Gasteiger partial charge in [-0.25, -0.2) is 13.1 Å². The highest BCUT2D eigenvalue weighted by molar-refractivity contribution is 7.99. The molecule has 3 aromatic rings. The average Bonchev–Trinajstić information content (AvgIpc) is 3.03. The smallest absolute Gasteiger partial charge is 0.309 e. The molecule has 3 aromatic carbocycles. The monoisotopic (exact) mass is 528 g/mol. The third kappa shape index (κ3) is 5.86. The Kier molecular flexibility index (Phi) is 7.92. The van der Waals surface area contributed by atoms with Gasteiger partial charge in [-0.05, 0) is 28.8 Å². The highest BCUT2D eigenvalue weighted by Crippen LogP contribution is 2.44. The number of thioether (sulfide) groups is 1. The highest BCUT2D eigenvalue weighted by atomic mass is 32.2. The topological polar surface area (TPSA) is 125 Å². The first-order valence-electron chi connectivity index (χ1n) is 11.0. The molecule has 0 bridgehead atoms. The zero-order valence-corrected chi connectivity index (χ0v) is 21.0. The minimum atomic E-state index is -3.91. The van der Waals surface area contributed by atoms with Crippen LogP contribution in [-0.4, -0.2) is 38.7 Å². The second kappa shape index (κ2) is 11.1. The maximum absolute atomic E-state index is 12.7. The van der Waals surface area contributed by atoms with E-state index in [-0.39, 0.29) is 34.8 Å². The van der Waals surface area contributed by atoms with Gasteiger partial charge in [-0.1, -0.05) is 42.5 Å². The molecule has 1 atom stereocenters. The largest absolute Gasteiger partial charge is 0.489 e. The van der Waals surface area contributed by atoms with Crippen LogP contribution in [0.3, 0.4) is 0 Å². The summed E-state index contributed by atoms with van der Waals surface area (Å²) in [6, 6.07) is 18.4. The van der Waals surface area contributed by atoms with E-state index >= 15 is 0 Å². The lowest BCUT2D eigenvalue weighted by molar-refractivity contribution is -0.385. The van der Waals surface area contributed by atoms with Crippen LogP contribution in [0.4, 0.5) is 5.69 Å². The van der Waals surface area contributed by atoms with Gasteiger partial charge in [-0.3, -0.25) is 14.9 Å². The first kappa shape index (κ1) is 25.7. The molecule has 0 amide bonds.